The number of carbonyl (C=O) groups excluding carboxylic acids is 1. The molecule has 0 radical (unpaired) electrons. The zero-order valence-corrected chi connectivity index (χ0v) is 8.86. The maximum absolute atomic E-state index is 11.7. The second-order valence-corrected chi connectivity index (χ2v) is 3.67. The molecule has 1 unspecified atom stereocenters. The molecule has 1 fully saturated rings. The average molecular weight is 195 g/mol. The Morgan fingerprint density at radius 3 is 2.86 bits per heavy atom. The smallest absolute Gasteiger partial charge is 0.240 e. The summed E-state index contributed by atoms with van der Waals surface area (Å²) in [5.74, 6) is 0.0891. The fourth-order valence-electron chi connectivity index (χ4n) is 1.81. The number of nitriles is 1. The number of nitrogens with zero attached hydrogens (tertiary/aromatic N) is 3. The molecule has 0 bridgehead atoms. The SMILES string of the molecule is CCCN1CCN(C)C(=O)C1CC#N. The van der Waals surface area contributed by atoms with E-state index in [2.05, 4.69) is 17.9 Å². The summed E-state index contributed by atoms with van der Waals surface area (Å²) in [5, 5.41) is 8.66. The van der Waals surface area contributed by atoms with Crippen LogP contribution >= 0.6 is 0 Å². The number of carbonyl (C=O) groups is 1. The molecule has 14 heavy (non-hydrogen) atoms. The molecule has 0 aliphatic carbocycles. The van der Waals surface area contributed by atoms with Gasteiger partial charge in [0.1, 0.15) is 6.04 Å². The van der Waals surface area contributed by atoms with Crippen LogP contribution in [0.5, 0.6) is 0 Å². The second-order valence-electron chi connectivity index (χ2n) is 3.67. The van der Waals surface area contributed by atoms with Crippen molar-refractivity contribution in [2.45, 2.75) is 25.8 Å². The molecule has 1 aliphatic heterocycles. The second kappa shape index (κ2) is 4.97. The van der Waals surface area contributed by atoms with Gasteiger partial charge in [0.2, 0.25) is 5.91 Å². The average Bonchev–Trinajstić information content (AvgIpc) is 2.18. The fourth-order valence-corrected chi connectivity index (χ4v) is 1.81. The molecule has 1 rings (SSSR count). The molecular weight excluding hydrogens is 178 g/mol. The topological polar surface area (TPSA) is 47.3 Å². The van der Waals surface area contributed by atoms with Crippen molar-refractivity contribution in [2.24, 2.45) is 0 Å². The van der Waals surface area contributed by atoms with Crippen molar-refractivity contribution in [3.63, 3.8) is 0 Å². The van der Waals surface area contributed by atoms with Crippen LogP contribution in [0, 0.1) is 11.3 Å². The molecule has 0 aromatic heterocycles. The van der Waals surface area contributed by atoms with Crippen molar-refractivity contribution < 1.29 is 4.79 Å². The van der Waals surface area contributed by atoms with Gasteiger partial charge in [-0.3, -0.25) is 9.69 Å². The van der Waals surface area contributed by atoms with Crippen molar-refractivity contribution in [2.75, 3.05) is 26.7 Å². The van der Waals surface area contributed by atoms with Gasteiger partial charge in [-0.2, -0.15) is 5.26 Å². The summed E-state index contributed by atoms with van der Waals surface area (Å²) in [5.41, 5.74) is 0. The zero-order chi connectivity index (χ0) is 10.6. The van der Waals surface area contributed by atoms with Gasteiger partial charge in [-0.05, 0) is 13.0 Å². The number of hydrogen-bond acceptors (Lipinski definition) is 3. The Balaban J connectivity index is 2.67. The maximum atomic E-state index is 11.7. The molecule has 1 aliphatic rings. The normalized spacial score (nSPS) is 23.6. The lowest BCUT2D eigenvalue weighted by molar-refractivity contribution is -0.139. The maximum Gasteiger partial charge on any atom is 0.240 e. The molecule has 1 heterocycles. The van der Waals surface area contributed by atoms with E-state index in [9.17, 15) is 4.79 Å². The number of amides is 1. The van der Waals surface area contributed by atoms with Crippen LogP contribution in [0.4, 0.5) is 0 Å². The number of hydrogen-bond donors (Lipinski definition) is 0. The minimum Gasteiger partial charge on any atom is -0.343 e. The largest absolute Gasteiger partial charge is 0.343 e. The number of rotatable bonds is 3. The Bertz CT molecular complexity index is 246. The molecule has 4 nitrogen and oxygen atoms in total. The number of likely N-dealkylation sites (N-methyl/N-ethyl adjacent to an activating group) is 1. The molecule has 1 amide bonds. The van der Waals surface area contributed by atoms with Gasteiger partial charge in [0.05, 0.1) is 12.5 Å². The van der Waals surface area contributed by atoms with Crippen LogP contribution in [0.3, 0.4) is 0 Å². The zero-order valence-electron chi connectivity index (χ0n) is 8.86. The molecule has 1 atom stereocenters. The predicted molar refractivity (Wildman–Crippen MR) is 53.5 cm³/mol. The third-order valence-electron chi connectivity index (χ3n) is 2.62. The first kappa shape index (κ1) is 11.0. The van der Waals surface area contributed by atoms with Crippen LogP contribution in [0.1, 0.15) is 19.8 Å². The minimum absolute atomic E-state index is 0.0891. The third-order valence-corrected chi connectivity index (χ3v) is 2.62. The van der Waals surface area contributed by atoms with E-state index in [1.165, 1.54) is 0 Å². The van der Waals surface area contributed by atoms with Crippen LogP contribution < -0.4 is 0 Å². The van der Waals surface area contributed by atoms with Gasteiger partial charge in [-0.25, -0.2) is 0 Å². The van der Waals surface area contributed by atoms with Crippen molar-refractivity contribution in [1.82, 2.24) is 9.80 Å². The lowest BCUT2D eigenvalue weighted by Crippen LogP contribution is -2.55. The summed E-state index contributed by atoms with van der Waals surface area (Å²) in [6.07, 6.45) is 1.34. The van der Waals surface area contributed by atoms with Crippen molar-refractivity contribution >= 4 is 5.91 Å². The fraction of sp³-hybridized carbons (Fsp3) is 0.800. The number of piperazine rings is 1. The van der Waals surface area contributed by atoms with Gasteiger partial charge in [0.25, 0.3) is 0 Å². The standard InChI is InChI=1S/C10H17N3O/c1-3-6-13-8-7-12(2)10(14)9(13)4-5-11/h9H,3-4,6-8H2,1-2H3. The lowest BCUT2D eigenvalue weighted by atomic mass is 10.1. The summed E-state index contributed by atoms with van der Waals surface area (Å²) in [7, 11) is 1.80. The highest BCUT2D eigenvalue weighted by atomic mass is 16.2. The Labute approximate surface area is 85.1 Å². The Morgan fingerprint density at radius 2 is 2.29 bits per heavy atom. The molecule has 0 aromatic rings. The molecular formula is C10H17N3O. The van der Waals surface area contributed by atoms with E-state index >= 15 is 0 Å². The molecule has 0 spiro atoms. The third kappa shape index (κ3) is 2.24. The van der Waals surface area contributed by atoms with Gasteiger partial charge < -0.3 is 4.90 Å². The first-order chi connectivity index (χ1) is 6.70. The van der Waals surface area contributed by atoms with E-state index in [0.29, 0.717) is 6.42 Å². The van der Waals surface area contributed by atoms with Crippen LogP contribution in [0.15, 0.2) is 0 Å². The van der Waals surface area contributed by atoms with E-state index in [4.69, 9.17) is 5.26 Å². The van der Waals surface area contributed by atoms with Crippen LogP contribution in [-0.4, -0.2) is 48.4 Å². The Hall–Kier alpha value is -1.08. The van der Waals surface area contributed by atoms with Gasteiger partial charge >= 0.3 is 0 Å². The molecule has 1 saturated heterocycles. The molecule has 4 heteroatoms. The highest BCUT2D eigenvalue weighted by molar-refractivity contribution is 5.82. The highest BCUT2D eigenvalue weighted by Gasteiger charge is 2.31. The van der Waals surface area contributed by atoms with Crippen LogP contribution in [-0.2, 0) is 4.79 Å². The summed E-state index contributed by atoms with van der Waals surface area (Å²) in [6, 6.07) is 1.88. The first-order valence-electron chi connectivity index (χ1n) is 5.06. The summed E-state index contributed by atoms with van der Waals surface area (Å²) >= 11 is 0. The lowest BCUT2D eigenvalue weighted by Gasteiger charge is -2.37. The Morgan fingerprint density at radius 1 is 1.57 bits per heavy atom. The van der Waals surface area contributed by atoms with Crippen molar-refractivity contribution in [1.29, 1.82) is 5.26 Å². The van der Waals surface area contributed by atoms with Gasteiger partial charge in [0.15, 0.2) is 0 Å². The summed E-state index contributed by atoms with van der Waals surface area (Å²) in [4.78, 5) is 15.6. The van der Waals surface area contributed by atoms with E-state index in [1.54, 1.807) is 11.9 Å². The molecule has 0 saturated carbocycles. The quantitative estimate of drug-likeness (QED) is 0.657. The van der Waals surface area contributed by atoms with E-state index in [0.717, 1.165) is 26.1 Å². The first-order valence-corrected chi connectivity index (χ1v) is 5.06. The van der Waals surface area contributed by atoms with E-state index < -0.39 is 0 Å². The summed E-state index contributed by atoms with van der Waals surface area (Å²) < 4.78 is 0. The molecule has 0 aromatic carbocycles. The predicted octanol–water partition coefficient (Wildman–Crippen LogP) is 0.453. The Kier molecular flexibility index (Phi) is 3.90. The molecule has 0 N–H and O–H groups in total. The van der Waals surface area contributed by atoms with E-state index in [-0.39, 0.29) is 11.9 Å². The van der Waals surface area contributed by atoms with Crippen molar-refractivity contribution in [3.8, 4) is 6.07 Å². The minimum atomic E-state index is -0.210. The summed E-state index contributed by atoms with van der Waals surface area (Å²) in [6.45, 7) is 4.67. The van der Waals surface area contributed by atoms with Crippen molar-refractivity contribution in [3.05, 3.63) is 0 Å². The van der Waals surface area contributed by atoms with Crippen LogP contribution in [0.25, 0.3) is 0 Å². The van der Waals surface area contributed by atoms with Gasteiger partial charge in [-0.15, -0.1) is 0 Å². The van der Waals surface area contributed by atoms with Gasteiger partial charge in [0, 0.05) is 20.1 Å². The monoisotopic (exact) mass is 195 g/mol. The highest BCUT2D eigenvalue weighted by Crippen LogP contribution is 2.13. The molecule has 78 valence electrons. The van der Waals surface area contributed by atoms with Crippen LogP contribution in [0.2, 0.25) is 0 Å². The van der Waals surface area contributed by atoms with E-state index in [1.807, 2.05) is 0 Å². The van der Waals surface area contributed by atoms with Gasteiger partial charge in [-0.1, -0.05) is 6.92 Å².